The Morgan fingerprint density at radius 2 is 2.19 bits per heavy atom. The first kappa shape index (κ1) is 15.6. The van der Waals surface area contributed by atoms with E-state index in [1.807, 2.05) is 34.7 Å². The Balaban J connectivity index is 1.60. The van der Waals surface area contributed by atoms with Gasteiger partial charge < -0.3 is 14.4 Å². The van der Waals surface area contributed by atoms with E-state index >= 15 is 0 Å². The van der Waals surface area contributed by atoms with E-state index in [1.165, 1.54) is 17.0 Å². The molecule has 3 aromatic rings. The third-order valence-corrected chi connectivity index (χ3v) is 6.47. The van der Waals surface area contributed by atoms with Crippen LogP contribution in [-0.2, 0) is 5.54 Å². The van der Waals surface area contributed by atoms with E-state index in [0.29, 0.717) is 6.54 Å². The Labute approximate surface area is 156 Å². The summed E-state index contributed by atoms with van der Waals surface area (Å²) in [5.41, 5.74) is 2.18. The number of nitrogens with zero attached hydrogens (tertiary/aromatic N) is 4. The van der Waals surface area contributed by atoms with Crippen molar-refractivity contribution in [3.8, 4) is 5.82 Å². The van der Waals surface area contributed by atoms with Crippen molar-refractivity contribution in [1.82, 2.24) is 14.5 Å². The van der Waals surface area contributed by atoms with Crippen molar-refractivity contribution < 1.29 is 4.79 Å². The molecular weight excluding hydrogens is 344 g/mol. The molecule has 1 saturated heterocycles. The van der Waals surface area contributed by atoms with Crippen LogP contribution in [0, 0.1) is 0 Å². The average molecular weight is 364 g/mol. The highest BCUT2D eigenvalue weighted by atomic mass is 32.1. The zero-order valence-electron chi connectivity index (χ0n) is 14.6. The number of amides is 1. The Hall–Kier alpha value is -2.60. The molecule has 1 atom stereocenters. The summed E-state index contributed by atoms with van der Waals surface area (Å²) in [6.45, 7) is 4.54. The Bertz CT molecular complexity index is 964. The van der Waals surface area contributed by atoms with Gasteiger partial charge in [0.15, 0.2) is 5.82 Å². The second-order valence-electron chi connectivity index (χ2n) is 6.84. The van der Waals surface area contributed by atoms with E-state index in [0.717, 1.165) is 35.9 Å². The van der Waals surface area contributed by atoms with Crippen LogP contribution in [-0.4, -0.2) is 40.0 Å². The van der Waals surface area contributed by atoms with E-state index in [1.54, 1.807) is 0 Å². The predicted molar refractivity (Wildman–Crippen MR) is 103 cm³/mol. The van der Waals surface area contributed by atoms with Crippen LogP contribution in [0.4, 0.5) is 5.69 Å². The fourth-order valence-corrected chi connectivity index (χ4v) is 5.21. The first-order valence-electron chi connectivity index (χ1n) is 8.98. The lowest BCUT2D eigenvalue weighted by Gasteiger charge is -2.46. The summed E-state index contributed by atoms with van der Waals surface area (Å²) in [5.74, 6) is 1.12. The van der Waals surface area contributed by atoms with Gasteiger partial charge in [-0.05, 0) is 49.1 Å². The third-order valence-electron chi connectivity index (χ3n) is 5.61. The molecule has 6 heteroatoms. The van der Waals surface area contributed by atoms with Crippen molar-refractivity contribution >= 4 is 22.9 Å². The summed E-state index contributed by atoms with van der Waals surface area (Å²) in [5, 5.41) is 1.96. The van der Waals surface area contributed by atoms with Gasteiger partial charge in [0.1, 0.15) is 5.54 Å². The Kier molecular flexibility index (Phi) is 3.43. The standard InChI is InChI=1S/C20H20N4OS/c1-2-24-15-6-3-10-21-18(15)23-11-4-8-17(23)20(24)9-12-22(14-20)19(25)16-7-5-13-26-16/h3-8,10-11,13H,2,9,12,14H2,1H3/t20-/m0/s1. The van der Waals surface area contributed by atoms with Crippen LogP contribution < -0.4 is 4.90 Å². The van der Waals surface area contributed by atoms with Gasteiger partial charge in [-0.25, -0.2) is 4.98 Å². The molecule has 1 amide bonds. The highest BCUT2D eigenvalue weighted by Crippen LogP contribution is 2.46. The highest BCUT2D eigenvalue weighted by Gasteiger charge is 2.50. The van der Waals surface area contributed by atoms with Crippen molar-refractivity contribution in [2.75, 3.05) is 24.5 Å². The lowest BCUT2D eigenvalue weighted by atomic mass is 9.89. The predicted octanol–water partition coefficient (Wildman–Crippen LogP) is 3.52. The zero-order valence-corrected chi connectivity index (χ0v) is 15.4. The van der Waals surface area contributed by atoms with E-state index in [9.17, 15) is 4.79 Å². The van der Waals surface area contributed by atoms with Gasteiger partial charge in [-0.3, -0.25) is 4.79 Å². The molecule has 1 spiro atoms. The maximum absolute atomic E-state index is 12.9. The quantitative estimate of drug-likeness (QED) is 0.699. The Morgan fingerprint density at radius 3 is 3.00 bits per heavy atom. The lowest BCUT2D eigenvalue weighted by molar-refractivity contribution is 0.0787. The maximum Gasteiger partial charge on any atom is 0.264 e. The summed E-state index contributed by atoms with van der Waals surface area (Å²) in [4.78, 5) is 22.8. The number of likely N-dealkylation sites (N-methyl/N-ethyl adjacent to an activating group) is 1. The number of rotatable bonds is 2. The molecule has 3 aromatic heterocycles. The molecule has 1 fully saturated rings. The molecule has 0 unspecified atom stereocenters. The van der Waals surface area contributed by atoms with Crippen molar-refractivity contribution in [1.29, 1.82) is 0 Å². The second-order valence-corrected chi connectivity index (χ2v) is 7.79. The molecule has 0 aromatic carbocycles. The van der Waals surface area contributed by atoms with Crippen molar-refractivity contribution in [2.45, 2.75) is 18.9 Å². The average Bonchev–Trinajstić information content (AvgIpc) is 3.42. The smallest absolute Gasteiger partial charge is 0.264 e. The topological polar surface area (TPSA) is 41.4 Å². The van der Waals surface area contributed by atoms with Crippen molar-refractivity contribution in [3.63, 3.8) is 0 Å². The number of hydrogen-bond donors (Lipinski definition) is 0. The zero-order chi connectivity index (χ0) is 17.7. The lowest BCUT2D eigenvalue weighted by Crippen LogP contribution is -2.52. The summed E-state index contributed by atoms with van der Waals surface area (Å²) < 4.78 is 2.20. The molecule has 26 heavy (non-hydrogen) atoms. The van der Waals surface area contributed by atoms with Gasteiger partial charge in [-0.1, -0.05) is 6.07 Å². The van der Waals surface area contributed by atoms with Gasteiger partial charge in [0.05, 0.1) is 16.3 Å². The largest absolute Gasteiger partial charge is 0.356 e. The minimum Gasteiger partial charge on any atom is -0.356 e. The fourth-order valence-electron chi connectivity index (χ4n) is 4.52. The number of pyridine rings is 1. The third kappa shape index (κ3) is 2.02. The van der Waals surface area contributed by atoms with E-state index in [4.69, 9.17) is 0 Å². The molecule has 2 aliphatic heterocycles. The minimum atomic E-state index is -0.193. The Morgan fingerprint density at radius 1 is 1.27 bits per heavy atom. The number of aromatic nitrogens is 2. The molecule has 0 aliphatic carbocycles. The fraction of sp³-hybridized carbons (Fsp3) is 0.300. The molecule has 132 valence electrons. The maximum atomic E-state index is 12.9. The van der Waals surface area contributed by atoms with Crippen LogP contribution in [0.25, 0.3) is 5.82 Å². The molecule has 2 aliphatic rings. The number of likely N-dealkylation sites (tertiary alicyclic amines) is 1. The first-order chi connectivity index (χ1) is 12.7. The first-order valence-corrected chi connectivity index (χ1v) is 9.86. The van der Waals surface area contributed by atoms with E-state index in [-0.39, 0.29) is 11.4 Å². The summed E-state index contributed by atoms with van der Waals surface area (Å²) in [7, 11) is 0. The normalized spacial score (nSPS) is 21.1. The molecular formula is C20H20N4OS. The molecule has 0 radical (unpaired) electrons. The van der Waals surface area contributed by atoms with Gasteiger partial charge in [0.2, 0.25) is 0 Å². The summed E-state index contributed by atoms with van der Waals surface area (Å²) in [6.07, 6.45) is 4.85. The van der Waals surface area contributed by atoms with Gasteiger partial charge in [0.25, 0.3) is 5.91 Å². The van der Waals surface area contributed by atoms with Gasteiger partial charge in [-0.15, -0.1) is 11.3 Å². The van der Waals surface area contributed by atoms with Crippen LogP contribution in [0.3, 0.4) is 0 Å². The molecule has 5 nitrogen and oxygen atoms in total. The SMILES string of the molecule is CCN1c2cccnc2-n2cccc2[C@@]12CCN(C(=O)c1cccs1)C2. The van der Waals surface area contributed by atoms with Gasteiger partial charge in [0, 0.05) is 32.0 Å². The van der Waals surface area contributed by atoms with Crippen LogP contribution in [0.5, 0.6) is 0 Å². The van der Waals surface area contributed by atoms with Crippen molar-refractivity contribution in [3.05, 3.63) is 64.7 Å². The number of carbonyl (C=O) groups excluding carboxylic acids is 1. The summed E-state index contributed by atoms with van der Waals surface area (Å²) >= 11 is 1.52. The van der Waals surface area contributed by atoms with E-state index < -0.39 is 0 Å². The number of hydrogen-bond acceptors (Lipinski definition) is 4. The number of thiophene rings is 1. The van der Waals surface area contributed by atoms with Crippen LogP contribution in [0.1, 0.15) is 28.7 Å². The van der Waals surface area contributed by atoms with Gasteiger partial charge >= 0.3 is 0 Å². The monoisotopic (exact) mass is 364 g/mol. The molecule has 0 saturated carbocycles. The van der Waals surface area contributed by atoms with Crippen LogP contribution >= 0.6 is 11.3 Å². The summed E-state index contributed by atoms with van der Waals surface area (Å²) in [6, 6.07) is 12.2. The van der Waals surface area contributed by atoms with Crippen LogP contribution in [0.2, 0.25) is 0 Å². The minimum absolute atomic E-state index is 0.142. The van der Waals surface area contributed by atoms with Crippen molar-refractivity contribution in [2.24, 2.45) is 0 Å². The van der Waals surface area contributed by atoms with E-state index in [2.05, 4.69) is 45.8 Å². The molecule has 0 bridgehead atoms. The highest BCUT2D eigenvalue weighted by molar-refractivity contribution is 7.12. The van der Waals surface area contributed by atoms with Gasteiger partial charge in [-0.2, -0.15) is 0 Å². The second kappa shape index (κ2) is 5.71. The van der Waals surface area contributed by atoms with Crippen LogP contribution in [0.15, 0.2) is 54.2 Å². The molecule has 0 N–H and O–H groups in total. The number of carbonyl (C=O) groups is 1. The molecule has 5 rings (SSSR count). The number of fused-ring (bicyclic) bond motifs is 4. The number of anilines is 1. The molecule has 5 heterocycles.